The van der Waals surface area contributed by atoms with Crippen molar-refractivity contribution >= 4 is 11.6 Å². The zero-order valence-electron chi connectivity index (χ0n) is 12.2. The number of nitrogens with one attached hydrogen (secondary N) is 1. The first-order valence-corrected chi connectivity index (χ1v) is 6.99. The van der Waals surface area contributed by atoms with Crippen LogP contribution in [-0.4, -0.2) is 17.6 Å². The van der Waals surface area contributed by atoms with Crippen molar-refractivity contribution < 1.29 is 5.11 Å². The summed E-state index contributed by atoms with van der Waals surface area (Å²) >= 11 is 0. The number of nitrogens with two attached hydrogens (primary N) is 1. The van der Waals surface area contributed by atoms with E-state index in [0.29, 0.717) is 12.5 Å². The number of aliphatic hydroxyl groups excluding tert-OH is 1. The largest absolute Gasteiger partial charge is 0.392 e. The Morgan fingerprint density at radius 3 is 2.29 bits per heavy atom. The predicted molar refractivity (Wildman–Crippen MR) is 87.4 cm³/mol. The van der Waals surface area contributed by atoms with E-state index in [2.05, 4.69) is 10.3 Å². The second kappa shape index (κ2) is 7.45. The second-order valence-electron chi connectivity index (χ2n) is 4.98. The van der Waals surface area contributed by atoms with Crippen LogP contribution >= 0.6 is 0 Å². The van der Waals surface area contributed by atoms with Crippen LogP contribution in [0.15, 0.2) is 53.5 Å². The fourth-order valence-electron chi connectivity index (χ4n) is 1.94. The van der Waals surface area contributed by atoms with E-state index < -0.39 is 0 Å². The van der Waals surface area contributed by atoms with Gasteiger partial charge in [-0.2, -0.15) is 0 Å². The summed E-state index contributed by atoms with van der Waals surface area (Å²) < 4.78 is 0. The van der Waals surface area contributed by atoms with E-state index in [4.69, 9.17) is 10.8 Å². The van der Waals surface area contributed by atoms with E-state index in [1.165, 1.54) is 11.1 Å². The fourth-order valence-corrected chi connectivity index (χ4v) is 1.94. The third-order valence-corrected chi connectivity index (χ3v) is 3.21. The maximum atomic E-state index is 8.99. The predicted octanol–water partition coefficient (Wildman–Crippen LogP) is 2.46. The van der Waals surface area contributed by atoms with Crippen molar-refractivity contribution in [3.05, 3.63) is 65.2 Å². The van der Waals surface area contributed by atoms with Gasteiger partial charge >= 0.3 is 0 Å². The molecule has 21 heavy (non-hydrogen) atoms. The van der Waals surface area contributed by atoms with Gasteiger partial charge in [0.25, 0.3) is 0 Å². The number of rotatable bonds is 5. The first-order chi connectivity index (χ1) is 10.2. The van der Waals surface area contributed by atoms with E-state index in [1.807, 2.05) is 55.5 Å². The third-order valence-electron chi connectivity index (χ3n) is 3.21. The minimum absolute atomic E-state index is 0.0752. The van der Waals surface area contributed by atoms with Crippen LogP contribution < -0.4 is 11.1 Å². The molecule has 0 radical (unpaired) electrons. The molecule has 0 aliphatic heterocycles. The molecule has 4 heteroatoms. The summed E-state index contributed by atoms with van der Waals surface area (Å²) in [6.45, 7) is 2.75. The lowest BCUT2D eigenvalue weighted by Gasteiger charge is -2.06. The average molecular weight is 283 g/mol. The number of benzene rings is 2. The first-order valence-electron chi connectivity index (χ1n) is 6.99. The lowest BCUT2D eigenvalue weighted by atomic mass is 10.1. The average Bonchev–Trinajstić information content (AvgIpc) is 2.50. The molecule has 2 aromatic carbocycles. The Kier molecular flexibility index (Phi) is 5.35. The number of aryl methyl sites for hydroxylation is 1. The fraction of sp³-hybridized carbons (Fsp3) is 0.235. The second-order valence-corrected chi connectivity index (χ2v) is 4.98. The molecule has 0 unspecified atom stereocenters. The van der Waals surface area contributed by atoms with Crippen molar-refractivity contribution in [1.29, 1.82) is 0 Å². The normalized spacial score (nSPS) is 11.4. The van der Waals surface area contributed by atoms with Crippen molar-refractivity contribution in [2.75, 3.05) is 11.9 Å². The van der Waals surface area contributed by atoms with Crippen LogP contribution in [0, 0.1) is 6.92 Å². The maximum Gasteiger partial charge on any atom is 0.193 e. The molecular formula is C17H21N3O. The molecular weight excluding hydrogens is 262 g/mol. The number of nitrogens with zero attached hydrogens (tertiary/aromatic N) is 1. The number of hydrogen-bond donors (Lipinski definition) is 3. The van der Waals surface area contributed by atoms with Crippen LogP contribution in [0.4, 0.5) is 5.69 Å². The van der Waals surface area contributed by atoms with Crippen LogP contribution in [0.5, 0.6) is 0 Å². The van der Waals surface area contributed by atoms with Crippen molar-refractivity contribution in [2.24, 2.45) is 10.7 Å². The van der Waals surface area contributed by atoms with Crippen LogP contribution in [0.25, 0.3) is 0 Å². The summed E-state index contributed by atoms with van der Waals surface area (Å²) in [5, 5.41) is 12.1. The molecule has 4 N–H and O–H groups in total. The highest BCUT2D eigenvalue weighted by Gasteiger charge is 1.96. The van der Waals surface area contributed by atoms with E-state index in [-0.39, 0.29) is 6.61 Å². The molecule has 0 fully saturated rings. The summed E-state index contributed by atoms with van der Waals surface area (Å²) in [6, 6.07) is 15.9. The van der Waals surface area contributed by atoms with Crippen LogP contribution in [0.1, 0.15) is 16.7 Å². The van der Waals surface area contributed by atoms with Gasteiger partial charge in [-0.25, -0.2) is 0 Å². The van der Waals surface area contributed by atoms with E-state index in [0.717, 1.165) is 17.7 Å². The first kappa shape index (κ1) is 15.1. The van der Waals surface area contributed by atoms with Gasteiger partial charge in [0.05, 0.1) is 6.61 Å². The van der Waals surface area contributed by atoms with Crippen molar-refractivity contribution in [1.82, 2.24) is 0 Å². The standard InChI is InChI=1S/C17H21N3O/c1-13-2-8-16(9-3-13)20-17(18)19-11-10-14-4-6-15(12-21)7-5-14/h2-9,21H,10-12H2,1H3,(H3,18,19,20). The van der Waals surface area contributed by atoms with Gasteiger partial charge in [0.2, 0.25) is 0 Å². The molecule has 0 spiro atoms. The van der Waals surface area contributed by atoms with Gasteiger partial charge in [0.1, 0.15) is 0 Å². The number of anilines is 1. The number of aliphatic hydroxyl groups is 1. The van der Waals surface area contributed by atoms with E-state index >= 15 is 0 Å². The zero-order valence-corrected chi connectivity index (χ0v) is 12.2. The topological polar surface area (TPSA) is 70.6 Å². The molecule has 110 valence electrons. The molecule has 0 saturated heterocycles. The SMILES string of the molecule is Cc1ccc(NC(N)=NCCc2ccc(CO)cc2)cc1. The molecule has 2 rings (SSSR count). The third kappa shape index (κ3) is 4.93. The zero-order chi connectivity index (χ0) is 15.1. The molecule has 0 saturated carbocycles. The highest BCUT2D eigenvalue weighted by atomic mass is 16.3. The monoisotopic (exact) mass is 283 g/mol. The van der Waals surface area contributed by atoms with Crippen molar-refractivity contribution in [3.63, 3.8) is 0 Å². The lowest BCUT2D eigenvalue weighted by molar-refractivity contribution is 0.282. The van der Waals surface area contributed by atoms with Gasteiger partial charge in [-0.1, -0.05) is 42.0 Å². The smallest absolute Gasteiger partial charge is 0.193 e. The summed E-state index contributed by atoms with van der Waals surface area (Å²) in [5.74, 6) is 0.422. The van der Waals surface area contributed by atoms with Crippen molar-refractivity contribution in [3.8, 4) is 0 Å². The van der Waals surface area contributed by atoms with Crippen LogP contribution in [0.3, 0.4) is 0 Å². The lowest BCUT2D eigenvalue weighted by Crippen LogP contribution is -2.23. The molecule has 0 aliphatic rings. The Morgan fingerprint density at radius 1 is 1.05 bits per heavy atom. The Morgan fingerprint density at radius 2 is 1.67 bits per heavy atom. The molecule has 0 aromatic heterocycles. The molecule has 4 nitrogen and oxygen atoms in total. The quantitative estimate of drug-likeness (QED) is 0.583. The van der Waals surface area contributed by atoms with Crippen LogP contribution in [0.2, 0.25) is 0 Å². The molecule has 0 atom stereocenters. The Bertz CT molecular complexity index is 588. The Labute approximate surface area is 125 Å². The minimum Gasteiger partial charge on any atom is -0.392 e. The van der Waals surface area contributed by atoms with Gasteiger partial charge in [-0.3, -0.25) is 4.99 Å². The van der Waals surface area contributed by atoms with E-state index in [1.54, 1.807) is 0 Å². The number of hydrogen-bond acceptors (Lipinski definition) is 2. The molecule has 0 bridgehead atoms. The van der Waals surface area contributed by atoms with Gasteiger partial charge in [-0.15, -0.1) is 0 Å². The molecule has 0 aliphatic carbocycles. The molecule has 0 heterocycles. The summed E-state index contributed by atoms with van der Waals surface area (Å²) in [4.78, 5) is 4.31. The van der Waals surface area contributed by atoms with Gasteiger partial charge in [0, 0.05) is 12.2 Å². The number of aliphatic imine (C=N–C) groups is 1. The van der Waals surface area contributed by atoms with Crippen LogP contribution in [-0.2, 0) is 13.0 Å². The summed E-state index contributed by atoms with van der Waals surface area (Å²) in [6.07, 6.45) is 0.821. The molecule has 2 aromatic rings. The minimum atomic E-state index is 0.0752. The Hall–Kier alpha value is -2.33. The van der Waals surface area contributed by atoms with E-state index in [9.17, 15) is 0 Å². The van der Waals surface area contributed by atoms with Gasteiger partial charge in [-0.05, 0) is 36.6 Å². The van der Waals surface area contributed by atoms with Gasteiger partial charge < -0.3 is 16.2 Å². The van der Waals surface area contributed by atoms with Gasteiger partial charge in [0.15, 0.2) is 5.96 Å². The highest BCUT2D eigenvalue weighted by molar-refractivity contribution is 5.92. The highest BCUT2D eigenvalue weighted by Crippen LogP contribution is 2.08. The maximum absolute atomic E-state index is 8.99. The summed E-state index contributed by atoms with van der Waals surface area (Å²) in [5.41, 5.74) is 10.1. The Balaban J connectivity index is 1.83. The number of guanidine groups is 1. The van der Waals surface area contributed by atoms with Crippen molar-refractivity contribution in [2.45, 2.75) is 20.0 Å². The summed E-state index contributed by atoms with van der Waals surface area (Å²) in [7, 11) is 0. The molecule has 0 amide bonds.